The summed E-state index contributed by atoms with van der Waals surface area (Å²) in [5.74, 6) is 1.46. The van der Waals surface area contributed by atoms with Gasteiger partial charge in [0.25, 0.3) is 0 Å². The molecule has 1 atom stereocenters. The first-order valence-corrected chi connectivity index (χ1v) is 6.27. The van der Waals surface area contributed by atoms with Crippen LogP contribution in [0.1, 0.15) is 21.4 Å². The summed E-state index contributed by atoms with van der Waals surface area (Å²) in [5, 5.41) is 1.20. The maximum Gasteiger partial charge on any atom is 0.122 e. The third kappa shape index (κ3) is 1.71. The van der Waals surface area contributed by atoms with Crippen LogP contribution in [0.3, 0.4) is 0 Å². The summed E-state index contributed by atoms with van der Waals surface area (Å²) in [6.45, 7) is 2.85. The molecule has 0 spiro atoms. The highest BCUT2D eigenvalue weighted by atomic mass is 32.1. The Balaban J connectivity index is 1.88. The van der Waals surface area contributed by atoms with Crippen molar-refractivity contribution < 1.29 is 4.74 Å². The normalized spacial score (nSPS) is 18.9. The molecule has 2 heterocycles. The van der Waals surface area contributed by atoms with Crippen LogP contribution in [0.4, 0.5) is 0 Å². The van der Waals surface area contributed by atoms with Crippen molar-refractivity contribution in [1.29, 1.82) is 0 Å². The Morgan fingerprint density at radius 3 is 3.06 bits per heavy atom. The summed E-state index contributed by atoms with van der Waals surface area (Å²) in [6.07, 6.45) is 2.99. The number of aryl methyl sites for hydroxylation is 1. The average molecular weight is 231 g/mol. The topological polar surface area (TPSA) is 22.1 Å². The van der Waals surface area contributed by atoms with Gasteiger partial charge in [-0.15, -0.1) is 11.3 Å². The van der Waals surface area contributed by atoms with Crippen molar-refractivity contribution in [3.8, 4) is 5.75 Å². The molecule has 0 saturated heterocycles. The molecule has 3 rings (SSSR count). The van der Waals surface area contributed by atoms with Gasteiger partial charge in [-0.1, -0.05) is 18.2 Å². The van der Waals surface area contributed by atoms with Crippen molar-refractivity contribution in [3.05, 3.63) is 45.9 Å². The van der Waals surface area contributed by atoms with Crippen LogP contribution < -0.4 is 4.74 Å². The van der Waals surface area contributed by atoms with Crippen LogP contribution in [0.25, 0.3) is 0 Å². The van der Waals surface area contributed by atoms with Crippen molar-refractivity contribution >= 4 is 11.3 Å². The van der Waals surface area contributed by atoms with E-state index in [0.717, 1.165) is 18.8 Å². The van der Waals surface area contributed by atoms with Gasteiger partial charge in [0, 0.05) is 17.0 Å². The van der Waals surface area contributed by atoms with Crippen LogP contribution >= 0.6 is 11.3 Å². The van der Waals surface area contributed by atoms with Crippen molar-refractivity contribution in [1.82, 2.24) is 4.98 Å². The number of benzene rings is 1. The minimum atomic E-state index is 0.425. The first kappa shape index (κ1) is 9.85. The molecular weight excluding hydrogens is 218 g/mol. The number of nitrogens with zero attached hydrogens (tertiary/aromatic N) is 1. The smallest absolute Gasteiger partial charge is 0.122 e. The third-order valence-electron chi connectivity index (χ3n) is 2.87. The Hall–Kier alpha value is -1.35. The van der Waals surface area contributed by atoms with Gasteiger partial charge in [-0.05, 0) is 25.0 Å². The monoisotopic (exact) mass is 231 g/mol. The van der Waals surface area contributed by atoms with Crippen LogP contribution in [0.5, 0.6) is 5.75 Å². The minimum Gasteiger partial charge on any atom is -0.493 e. The fourth-order valence-corrected chi connectivity index (χ4v) is 2.91. The number of para-hydroxylation sites is 1. The minimum absolute atomic E-state index is 0.425. The Bertz CT molecular complexity index is 506. The van der Waals surface area contributed by atoms with E-state index in [9.17, 15) is 0 Å². The summed E-state index contributed by atoms with van der Waals surface area (Å²) in [6, 6.07) is 8.27. The van der Waals surface area contributed by atoms with E-state index in [4.69, 9.17) is 4.74 Å². The van der Waals surface area contributed by atoms with Crippen LogP contribution in [0.2, 0.25) is 0 Å². The summed E-state index contributed by atoms with van der Waals surface area (Å²) in [7, 11) is 0. The van der Waals surface area contributed by atoms with Crippen molar-refractivity contribution in [2.45, 2.75) is 19.3 Å². The zero-order valence-electron chi connectivity index (χ0n) is 9.14. The number of hydrogen-bond acceptors (Lipinski definition) is 3. The number of ether oxygens (including phenoxy) is 1. The first-order chi connectivity index (χ1) is 7.83. The number of aromatic nitrogens is 1. The predicted molar refractivity (Wildman–Crippen MR) is 65.2 cm³/mol. The number of thiazole rings is 1. The third-order valence-corrected chi connectivity index (χ3v) is 3.94. The molecule has 0 aliphatic carbocycles. The summed E-state index contributed by atoms with van der Waals surface area (Å²) in [5.41, 5.74) is 1.30. The molecule has 2 nitrogen and oxygen atoms in total. The molecule has 0 fully saturated rings. The van der Waals surface area contributed by atoms with E-state index in [2.05, 4.69) is 24.0 Å². The van der Waals surface area contributed by atoms with Crippen LogP contribution in [-0.4, -0.2) is 11.6 Å². The maximum absolute atomic E-state index is 5.77. The van der Waals surface area contributed by atoms with Crippen molar-refractivity contribution in [2.24, 2.45) is 0 Å². The second-order valence-electron chi connectivity index (χ2n) is 4.13. The van der Waals surface area contributed by atoms with E-state index >= 15 is 0 Å². The first-order valence-electron chi connectivity index (χ1n) is 5.46. The lowest BCUT2D eigenvalue weighted by Crippen LogP contribution is -2.18. The van der Waals surface area contributed by atoms with Crippen molar-refractivity contribution in [3.63, 3.8) is 0 Å². The molecular formula is C13H13NOS. The lowest BCUT2D eigenvalue weighted by molar-refractivity contribution is 0.262. The number of hydrogen-bond donors (Lipinski definition) is 0. The molecule has 0 saturated carbocycles. The second-order valence-corrected chi connectivity index (χ2v) is 5.40. The molecule has 2 aromatic rings. The number of rotatable bonds is 1. The second kappa shape index (κ2) is 3.91. The Morgan fingerprint density at radius 1 is 1.38 bits per heavy atom. The van der Waals surface area contributed by atoms with E-state index in [1.54, 1.807) is 11.3 Å². The van der Waals surface area contributed by atoms with Gasteiger partial charge in [0.1, 0.15) is 5.75 Å². The number of fused-ring (bicyclic) bond motifs is 1. The standard InChI is InChI=1S/C13H13NOS/c1-9-7-14-13(16-9)11-6-10-4-2-3-5-12(10)15-8-11/h2-5,7,11H,6,8H2,1H3. The molecule has 16 heavy (non-hydrogen) atoms. The SMILES string of the molecule is Cc1cnc(C2COc3ccccc3C2)s1. The molecule has 0 N–H and O–H groups in total. The lowest BCUT2D eigenvalue weighted by Gasteiger charge is -2.23. The van der Waals surface area contributed by atoms with Crippen LogP contribution in [0.15, 0.2) is 30.5 Å². The molecule has 1 aromatic heterocycles. The molecule has 82 valence electrons. The van der Waals surface area contributed by atoms with Gasteiger partial charge < -0.3 is 4.74 Å². The quantitative estimate of drug-likeness (QED) is 0.752. The summed E-state index contributed by atoms with van der Waals surface area (Å²) in [4.78, 5) is 5.72. The van der Waals surface area contributed by atoms with Gasteiger partial charge in [0.2, 0.25) is 0 Å². The highest BCUT2D eigenvalue weighted by molar-refractivity contribution is 7.11. The Morgan fingerprint density at radius 2 is 2.25 bits per heavy atom. The largest absolute Gasteiger partial charge is 0.493 e. The van der Waals surface area contributed by atoms with Gasteiger partial charge in [0.05, 0.1) is 11.6 Å². The fraction of sp³-hybridized carbons (Fsp3) is 0.308. The average Bonchev–Trinajstić information content (AvgIpc) is 2.75. The molecule has 0 radical (unpaired) electrons. The fourth-order valence-electron chi connectivity index (χ4n) is 2.05. The van der Waals surface area contributed by atoms with Crippen LogP contribution in [0, 0.1) is 6.92 Å². The predicted octanol–water partition coefficient (Wildman–Crippen LogP) is 3.17. The highest BCUT2D eigenvalue weighted by Crippen LogP contribution is 2.33. The van der Waals surface area contributed by atoms with E-state index in [0.29, 0.717) is 5.92 Å². The molecule has 1 aliphatic heterocycles. The molecule has 1 aromatic carbocycles. The van der Waals surface area contributed by atoms with Gasteiger partial charge in [-0.2, -0.15) is 0 Å². The van der Waals surface area contributed by atoms with E-state index in [1.807, 2.05) is 18.3 Å². The Labute approximate surface area is 98.9 Å². The molecule has 1 unspecified atom stereocenters. The van der Waals surface area contributed by atoms with Crippen molar-refractivity contribution in [2.75, 3.05) is 6.61 Å². The zero-order chi connectivity index (χ0) is 11.0. The Kier molecular flexibility index (Phi) is 2.40. The summed E-state index contributed by atoms with van der Waals surface area (Å²) >= 11 is 1.78. The molecule has 3 heteroatoms. The molecule has 1 aliphatic rings. The summed E-state index contributed by atoms with van der Waals surface area (Å²) < 4.78 is 5.77. The zero-order valence-corrected chi connectivity index (χ0v) is 9.96. The molecule has 0 amide bonds. The van der Waals surface area contributed by atoms with E-state index in [-0.39, 0.29) is 0 Å². The van der Waals surface area contributed by atoms with Gasteiger partial charge in [-0.3, -0.25) is 0 Å². The maximum atomic E-state index is 5.77. The van der Waals surface area contributed by atoms with Gasteiger partial charge in [-0.25, -0.2) is 4.98 Å². The lowest BCUT2D eigenvalue weighted by atomic mass is 9.97. The van der Waals surface area contributed by atoms with Gasteiger partial charge in [0.15, 0.2) is 0 Å². The molecule has 0 bridgehead atoms. The van der Waals surface area contributed by atoms with Crippen LogP contribution in [-0.2, 0) is 6.42 Å². The van der Waals surface area contributed by atoms with E-state index < -0.39 is 0 Å². The van der Waals surface area contributed by atoms with Gasteiger partial charge >= 0.3 is 0 Å². The van der Waals surface area contributed by atoms with E-state index in [1.165, 1.54) is 15.4 Å². The highest BCUT2D eigenvalue weighted by Gasteiger charge is 2.23.